The van der Waals surface area contributed by atoms with Crippen LogP contribution in [-0.4, -0.2) is 83.9 Å². The molecule has 1 heterocycles. The van der Waals surface area contributed by atoms with Gasteiger partial charge in [-0.05, 0) is 69.1 Å². The van der Waals surface area contributed by atoms with Crippen LogP contribution in [0.4, 0.5) is 26.3 Å². The molecule has 14 heteroatoms. The lowest BCUT2D eigenvalue weighted by Crippen LogP contribution is -2.48. The Hall–Kier alpha value is -3.36. The average molecular weight is 609 g/mol. The molecule has 2 aliphatic rings. The zero-order valence-corrected chi connectivity index (χ0v) is 23.0. The Kier molecular flexibility index (Phi) is 12.2. The summed E-state index contributed by atoms with van der Waals surface area (Å²) in [4.78, 5) is 20.1. The van der Waals surface area contributed by atoms with Crippen LogP contribution in [0.15, 0.2) is 48.5 Å². The van der Waals surface area contributed by atoms with Crippen molar-refractivity contribution >= 4 is 11.9 Å². The number of aliphatic hydroxyl groups is 1. The number of ether oxygens (including phenoxy) is 1. The molecule has 42 heavy (non-hydrogen) atoms. The van der Waals surface area contributed by atoms with Crippen LogP contribution >= 0.6 is 0 Å². The molecule has 1 aliphatic heterocycles. The van der Waals surface area contributed by atoms with E-state index in [-0.39, 0.29) is 17.6 Å². The molecule has 2 aromatic carbocycles. The Balaban J connectivity index is 0.000000367. The van der Waals surface area contributed by atoms with Crippen molar-refractivity contribution in [2.45, 2.75) is 56.1 Å². The molecule has 0 aromatic heterocycles. The number of aryl methyl sites for hydroxylation is 1. The van der Waals surface area contributed by atoms with Gasteiger partial charge in [0.25, 0.3) is 0 Å². The van der Waals surface area contributed by atoms with Gasteiger partial charge in [-0.25, -0.2) is 9.59 Å². The predicted molar refractivity (Wildman–Crippen MR) is 140 cm³/mol. The minimum atomic E-state index is -5.08. The molecule has 4 N–H and O–H groups in total. The highest BCUT2D eigenvalue weighted by Crippen LogP contribution is 2.51. The number of piperidine rings is 1. The number of aliphatic hydroxyl groups excluding tert-OH is 1. The second kappa shape index (κ2) is 14.7. The van der Waals surface area contributed by atoms with Crippen LogP contribution in [-0.2, 0) is 15.0 Å². The van der Waals surface area contributed by atoms with Crippen LogP contribution in [0.1, 0.15) is 42.0 Å². The number of nitrogens with zero attached hydrogens (tertiary/aromatic N) is 1. The molecule has 0 bridgehead atoms. The van der Waals surface area contributed by atoms with Crippen molar-refractivity contribution in [3.8, 4) is 5.75 Å². The number of para-hydroxylation sites is 1. The number of hydrogen-bond acceptors (Lipinski definition) is 6. The van der Waals surface area contributed by atoms with Gasteiger partial charge in [-0.3, -0.25) is 4.90 Å². The molecule has 4 rings (SSSR count). The van der Waals surface area contributed by atoms with Crippen molar-refractivity contribution in [3.63, 3.8) is 0 Å². The normalized spacial score (nSPS) is 19.2. The number of carbonyl (C=O) groups is 2. The van der Waals surface area contributed by atoms with Gasteiger partial charge < -0.3 is 25.4 Å². The van der Waals surface area contributed by atoms with Crippen LogP contribution in [0.5, 0.6) is 5.75 Å². The van der Waals surface area contributed by atoms with Gasteiger partial charge in [0.1, 0.15) is 5.75 Å². The average Bonchev–Trinajstić information content (AvgIpc) is 3.15. The van der Waals surface area contributed by atoms with Crippen LogP contribution in [0.25, 0.3) is 0 Å². The molecule has 0 amide bonds. The molecule has 234 valence electrons. The minimum Gasteiger partial charge on any atom is -0.493 e. The smallest absolute Gasteiger partial charge is 0.490 e. The molecular weight excluding hydrogens is 574 g/mol. The third-order valence-corrected chi connectivity index (χ3v) is 7.14. The van der Waals surface area contributed by atoms with Gasteiger partial charge in [-0.15, -0.1) is 0 Å². The fourth-order valence-corrected chi connectivity index (χ4v) is 5.11. The molecule has 0 radical (unpaired) electrons. The van der Waals surface area contributed by atoms with E-state index in [9.17, 15) is 31.4 Å². The zero-order valence-electron chi connectivity index (χ0n) is 23.0. The number of alkyl halides is 6. The standard InChI is InChI=1S/C24H32N2O2.2C2HF3O2/c1-18-8-3-6-11-21(18)28-17-7-16-26(2)22-19-9-4-5-10-20(19)24(23(22)27)12-14-25-15-13-24;2*3-2(4,5)1(6)7/h3-6,8-11,22-23,25,27H,7,12-17H2,1-2H3;2*(H,6,7)/t22-,23+;;/m1../s1. The first-order chi connectivity index (χ1) is 19.5. The van der Waals surface area contributed by atoms with Crippen LogP contribution in [0.2, 0.25) is 0 Å². The first-order valence-electron chi connectivity index (χ1n) is 13.0. The number of rotatable bonds is 6. The lowest BCUT2D eigenvalue weighted by Gasteiger charge is -2.40. The minimum absolute atomic E-state index is 0.0627. The van der Waals surface area contributed by atoms with Gasteiger partial charge in [0.05, 0.1) is 18.8 Å². The van der Waals surface area contributed by atoms with Crippen molar-refractivity contribution < 1.29 is 56.0 Å². The van der Waals surface area contributed by atoms with Crippen molar-refractivity contribution in [3.05, 3.63) is 65.2 Å². The monoisotopic (exact) mass is 608 g/mol. The van der Waals surface area contributed by atoms with Crippen molar-refractivity contribution in [1.82, 2.24) is 10.2 Å². The number of likely N-dealkylation sites (N-methyl/N-ethyl adjacent to an activating group) is 1. The number of nitrogens with one attached hydrogen (secondary N) is 1. The second-order valence-electron chi connectivity index (χ2n) is 9.94. The summed E-state index contributed by atoms with van der Waals surface area (Å²) >= 11 is 0. The third kappa shape index (κ3) is 9.07. The highest BCUT2D eigenvalue weighted by atomic mass is 19.4. The zero-order chi connectivity index (χ0) is 31.7. The molecule has 8 nitrogen and oxygen atoms in total. The predicted octanol–water partition coefficient (Wildman–Crippen LogP) is 4.70. The lowest BCUT2D eigenvalue weighted by molar-refractivity contribution is -0.193. The summed E-state index contributed by atoms with van der Waals surface area (Å²) in [6, 6.07) is 16.9. The molecule has 2 aromatic rings. The van der Waals surface area contributed by atoms with E-state index in [2.05, 4.69) is 54.5 Å². The summed E-state index contributed by atoms with van der Waals surface area (Å²) in [5, 5.41) is 29.1. The maximum Gasteiger partial charge on any atom is 0.490 e. The number of aliphatic carboxylic acids is 2. The van der Waals surface area contributed by atoms with Gasteiger partial charge in [-0.2, -0.15) is 26.3 Å². The second-order valence-corrected chi connectivity index (χ2v) is 9.94. The van der Waals surface area contributed by atoms with Crippen molar-refractivity contribution in [2.75, 3.05) is 33.3 Å². The summed E-state index contributed by atoms with van der Waals surface area (Å²) in [7, 11) is 2.14. The molecule has 0 unspecified atom stereocenters. The highest BCUT2D eigenvalue weighted by Gasteiger charge is 2.52. The van der Waals surface area contributed by atoms with Gasteiger partial charge in [0.2, 0.25) is 0 Å². The summed E-state index contributed by atoms with van der Waals surface area (Å²) in [6.45, 7) is 5.62. The number of carboxylic acids is 2. The number of halogens is 6. The summed E-state index contributed by atoms with van der Waals surface area (Å²) in [5.41, 5.74) is 3.73. The van der Waals surface area contributed by atoms with E-state index in [0.29, 0.717) is 6.61 Å². The van der Waals surface area contributed by atoms with E-state index in [1.54, 1.807) is 0 Å². The maximum absolute atomic E-state index is 11.4. The Bertz CT molecular complexity index is 1160. The van der Waals surface area contributed by atoms with E-state index in [1.807, 2.05) is 18.2 Å². The maximum atomic E-state index is 11.4. The quantitative estimate of drug-likeness (QED) is 0.276. The van der Waals surface area contributed by atoms with Gasteiger partial charge in [0.15, 0.2) is 0 Å². The number of benzene rings is 2. The number of hydrogen-bond donors (Lipinski definition) is 4. The fourth-order valence-electron chi connectivity index (χ4n) is 5.11. The van der Waals surface area contributed by atoms with Gasteiger partial charge in [-0.1, -0.05) is 42.5 Å². The molecule has 1 saturated heterocycles. The Morgan fingerprint density at radius 2 is 1.45 bits per heavy atom. The van der Waals surface area contributed by atoms with Gasteiger partial charge in [0, 0.05) is 12.0 Å². The van der Waals surface area contributed by atoms with E-state index < -0.39 is 24.3 Å². The highest BCUT2D eigenvalue weighted by molar-refractivity contribution is 5.73. The molecule has 1 spiro atoms. The number of carboxylic acid groups (broad SMARTS) is 2. The Morgan fingerprint density at radius 1 is 0.952 bits per heavy atom. The Morgan fingerprint density at radius 3 is 1.98 bits per heavy atom. The summed E-state index contributed by atoms with van der Waals surface area (Å²) in [6.07, 6.45) is -7.57. The molecule has 2 atom stereocenters. The van der Waals surface area contributed by atoms with Crippen molar-refractivity contribution in [2.24, 2.45) is 0 Å². The van der Waals surface area contributed by atoms with E-state index in [0.717, 1.165) is 44.6 Å². The summed E-state index contributed by atoms with van der Waals surface area (Å²) in [5.74, 6) is -4.55. The van der Waals surface area contributed by atoms with Crippen LogP contribution < -0.4 is 10.1 Å². The first kappa shape index (κ1) is 34.8. The SMILES string of the molecule is Cc1ccccc1OCCCN(C)[C@@H]1c2ccccc2C2(CCNCC2)[C@H]1O.O=C(O)C(F)(F)F.O=C(O)C(F)(F)F. The van der Waals surface area contributed by atoms with Crippen molar-refractivity contribution in [1.29, 1.82) is 0 Å². The molecule has 1 fully saturated rings. The van der Waals surface area contributed by atoms with E-state index >= 15 is 0 Å². The molecule has 1 aliphatic carbocycles. The first-order valence-corrected chi connectivity index (χ1v) is 13.0. The Labute approximate surface area is 238 Å². The topological polar surface area (TPSA) is 119 Å². The largest absolute Gasteiger partial charge is 0.493 e. The van der Waals surface area contributed by atoms with Gasteiger partial charge >= 0.3 is 24.3 Å². The van der Waals surface area contributed by atoms with Crippen LogP contribution in [0, 0.1) is 6.92 Å². The number of fused-ring (bicyclic) bond motifs is 2. The molecular formula is C28H34F6N2O6. The fraction of sp³-hybridized carbons (Fsp3) is 0.500. The molecule has 0 saturated carbocycles. The van der Waals surface area contributed by atoms with E-state index in [4.69, 9.17) is 24.5 Å². The third-order valence-electron chi connectivity index (χ3n) is 7.14. The lowest BCUT2D eigenvalue weighted by atomic mass is 9.72. The van der Waals surface area contributed by atoms with E-state index in [1.165, 1.54) is 16.7 Å². The van der Waals surface area contributed by atoms with Crippen LogP contribution in [0.3, 0.4) is 0 Å². The summed E-state index contributed by atoms with van der Waals surface area (Å²) < 4.78 is 69.4.